The quantitative estimate of drug-likeness (QED) is 0.793. The zero-order chi connectivity index (χ0) is 13.3. The van der Waals surface area contributed by atoms with E-state index >= 15 is 0 Å². The minimum absolute atomic E-state index is 0.125. The van der Waals surface area contributed by atoms with E-state index in [1.807, 2.05) is 0 Å². The fraction of sp³-hybridized carbons (Fsp3) is 0.833. The van der Waals surface area contributed by atoms with Gasteiger partial charge in [-0.05, 0) is 25.2 Å². The van der Waals surface area contributed by atoms with Crippen LogP contribution in [0, 0.1) is 11.8 Å². The number of carboxylic acid groups (broad SMARTS) is 1. The average molecular weight is 261 g/mol. The Kier molecular flexibility index (Phi) is 3.54. The first-order valence-electron chi connectivity index (χ1n) is 6.27. The van der Waals surface area contributed by atoms with Crippen molar-refractivity contribution in [1.82, 2.24) is 5.32 Å². The Morgan fingerprint density at radius 1 is 1.33 bits per heavy atom. The molecule has 2 rings (SSSR count). The van der Waals surface area contributed by atoms with E-state index in [2.05, 4.69) is 5.32 Å². The lowest BCUT2D eigenvalue weighted by Crippen LogP contribution is -2.41. The molecule has 6 heteroatoms. The van der Waals surface area contributed by atoms with Crippen molar-refractivity contribution in [2.75, 3.05) is 0 Å². The molecule has 2 aliphatic carbocycles. The van der Waals surface area contributed by atoms with Gasteiger partial charge in [0.2, 0.25) is 11.8 Å². The van der Waals surface area contributed by atoms with Crippen molar-refractivity contribution >= 4 is 11.9 Å². The Morgan fingerprint density at radius 2 is 2.00 bits per heavy atom. The first kappa shape index (κ1) is 13.2. The van der Waals surface area contributed by atoms with Crippen LogP contribution in [0.2, 0.25) is 0 Å². The van der Waals surface area contributed by atoms with Crippen molar-refractivity contribution in [2.45, 2.75) is 50.5 Å². The van der Waals surface area contributed by atoms with Crippen molar-refractivity contribution in [3.05, 3.63) is 0 Å². The second-order valence-corrected chi connectivity index (χ2v) is 5.35. The van der Waals surface area contributed by atoms with Crippen LogP contribution in [-0.2, 0) is 9.59 Å². The van der Waals surface area contributed by atoms with Gasteiger partial charge in [0.1, 0.15) is 0 Å². The molecule has 2 saturated carbocycles. The number of hydrogen-bond donors (Lipinski definition) is 2. The number of carbonyl (C=O) groups is 2. The molecule has 0 heterocycles. The second-order valence-electron chi connectivity index (χ2n) is 5.35. The van der Waals surface area contributed by atoms with E-state index in [1.165, 1.54) is 0 Å². The normalized spacial score (nSPS) is 27.8. The Hall–Kier alpha value is -1.20. The number of carboxylic acids is 1. The van der Waals surface area contributed by atoms with Crippen LogP contribution in [0.5, 0.6) is 0 Å². The SMILES string of the molecule is O=C(O)CC(NC(=O)C1CCC(F)(F)C1)C1CC1. The molecule has 0 aromatic rings. The number of carbonyl (C=O) groups excluding carboxylic acids is 1. The lowest BCUT2D eigenvalue weighted by molar-refractivity contribution is -0.138. The zero-order valence-corrected chi connectivity index (χ0v) is 9.99. The first-order valence-corrected chi connectivity index (χ1v) is 6.27. The summed E-state index contributed by atoms with van der Waals surface area (Å²) in [5, 5.41) is 11.4. The molecule has 0 bridgehead atoms. The molecule has 0 aromatic carbocycles. The van der Waals surface area contributed by atoms with E-state index < -0.39 is 36.2 Å². The molecule has 2 unspecified atom stereocenters. The van der Waals surface area contributed by atoms with Crippen molar-refractivity contribution in [2.24, 2.45) is 11.8 Å². The molecule has 2 atom stereocenters. The number of nitrogens with one attached hydrogen (secondary N) is 1. The summed E-state index contributed by atoms with van der Waals surface area (Å²) in [6, 6.07) is -0.399. The first-order chi connectivity index (χ1) is 8.37. The molecule has 0 saturated heterocycles. The van der Waals surface area contributed by atoms with Gasteiger partial charge >= 0.3 is 5.97 Å². The maximum Gasteiger partial charge on any atom is 0.305 e. The molecule has 0 aliphatic heterocycles. The van der Waals surface area contributed by atoms with Crippen LogP contribution >= 0.6 is 0 Å². The molecule has 1 amide bonds. The lowest BCUT2D eigenvalue weighted by atomic mass is 10.0. The van der Waals surface area contributed by atoms with Gasteiger partial charge in [-0.3, -0.25) is 9.59 Å². The van der Waals surface area contributed by atoms with Crippen LogP contribution in [0.15, 0.2) is 0 Å². The third-order valence-corrected chi connectivity index (χ3v) is 3.69. The monoisotopic (exact) mass is 261 g/mol. The van der Waals surface area contributed by atoms with Crippen molar-refractivity contribution in [1.29, 1.82) is 0 Å². The predicted molar refractivity (Wildman–Crippen MR) is 59.2 cm³/mol. The van der Waals surface area contributed by atoms with Gasteiger partial charge < -0.3 is 10.4 Å². The highest BCUT2D eigenvalue weighted by atomic mass is 19.3. The molecule has 0 radical (unpaired) electrons. The lowest BCUT2D eigenvalue weighted by Gasteiger charge is -2.19. The third kappa shape index (κ3) is 3.40. The predicted octanol–water partition coefficient (Wildman–Crippen LogP) is 1.79. The van der Waals surface area contributed by atoms with E-state index in [0.29, 0.717) is 0 Å². The standard InChI is InChI=1S/C12H17F2NO3/c13-12(14)4-3-8(6-12)11(18)15-9(5-10(16)17)7-1-2-7/h7-9H,1-6H2,(H,15,18)(H,16,17). The highest BCUT2D eigenvalue weighted by Gasteiger charge is 2.43. The largest absolute Gasteiger partial charge is 0.481 e. The molecular weight excluding hydrogens is 244 g/mol. The summed E-state index contributed by atoms with van der Waals surface area (Å²) in [6.45, 7) is 0. The molecule has 0 spiro atoms. The van der Waals surface area contributed by atoms with Gasteiger partial charge in [0.25, 0.3) is 0 Å². The van der Waals surface area contributed by atoms with E-state index in [0.717, 1.165) is 12.8 Å². The maximum atomic E-state index is 13.0. The minimum Gasteiger partial charge on any atom is -0.481 e. The van der Waals surface area contributed by atoms with Crippen molar-refractivity contribution in [3.8, 4) is 0 Å². The molecule has 2 aliphatic rings. The minimum atomic E-state index is -2.75. The zero-order valence-electron chi connectivity index (χ0n) is 9.99. The summed E-state index contributed by atoms with van der Waals surface area (Å²) < 4.78 is 26.0. The molecule has 18 heavy (non-hydrogen) atoms. The smallest absolute Gasteiger partial charge is 0.305 e. The van der Waals surface area contributed by atoms with Crippen LogP contribution in [0.4, 0.5) is 8.78 Å². The second kappa shape index (κ2) is 4.82. The number of hydrogen-bond acceptors (Lipinski definition) is 2. The van der Waals surface area contributed by atoms with Gasteiger partial charge in [-0.2, -0.15) is 0 Å². The topological polar surface area (TPSA) is 66.4 Å². The fourth-order valence-electron chi connectivity index (χ4n) is 2.50. The summed E-state index contributed by atoms with van der Waals surface area (Å²) >= 11 is 0. The molecular formula is C12H17F2NO3. The molecule has 0 aromatic heterocycles. The van der Waals surface area contributed by atoms with Gasteiger partial charge in [-0.25, -0.2) is 8.78 Å². The van der Waals surface area contributed by atoms with E-state index in [-0.39, 0.29) is 25.2 Å². The van der Waals surface area contributed by atoms with Gasteiger partial charge in [0.05, 0.1) is 6.42 Å². The number of alkyl halides is 2. The van der Waals surface area contributed by atoms with Gasteiger partial charge in [-0.15, -0.1) is 0 Å². The Morgan fingerprint density at radius 3 is 2.44 bits per heavy atom. The third-order valence-electron chi connectivity index (χ3n) is 3.69. The van der Waals surface area contributed by atoms with Gasteiger partial charge in [0, 0.05) is 24.8 Å². The van der Waals surface area contributed by atoms with Crippen LogP contribution in [0.25, 0.3) is 0 Å². The number of halogens is 2. The Labute approximate surface area is 104 Å². The summed E-state index contributed by atoms with van der Waals surface area (Å²) in [4.78, 5) is 22.5. The fourth-order valence-corrected chi connectivity index (χ4v) is 2.50. The molecule has 2 N–H and O–H groups in total. The van der Waals surface area contributed by atoms with Crippen molar-refractivity contribution in [3.63, 3.8) is 0 Å². The highest BCUT2D eigenvalue weighted by molar-refractivity contribution is 5.80. The maximum absolute atomic E-state index is 13.0. The van der Waals surface area contributed by atoms with E-state index in [4.69, 9.17) is 5.11 Å². The number of amides is 1. The van der Waals surface area contributed by atoms with Gasteiger partial charge in [-0.1, -0.05) is 0 Å². The number of aliphatic carboxylic acids is 1. The summed E-state index contributed by atoms with van der Waals surface area (Å²) in [5.74, 6) is -4.60. The Balaban J connectivity index is 1.87. The van der Waals surface area contributed by atoms with Crippen LogP contribution in [0.3, 0.4) is 0 Å². The van der Waals surface area contributed by atoms with Crippen LogP contribution in [0.1, 0.15) is 38.5 Å². The van der Waals surface area contributed by atoms with Crippen molar-refractivity contribution < 1.29 is 23.5 Å². The van der Waals surface area contributed by atoms with E-state index in [1.54, 1.807) is 0 Å². The summed E-state index contributed by atoms with van der Waals surface area (Å²) in [5.41, 5.74) is 0. The van der Waals surface area contributed by atoms with Crippen LogP contribution < -0.4 is 5.32 Å². The average Bonchev–Trinajstić information content (AvgIpc) is 3.01. The molecule has 4 nitrogen and oxygen atoms in total. The number of rotatable bonds is 5. The molecule has 2 fully saturated rings. The van der Waals surface area contributed by atoms with Gasteiger partial charge in [0.15, 0.2) is 0 Å². The summed E-state index contributed by atoms with van der Waals surface area (Å²) in [6.07, 6.45) is 1.20. The molecule has 102 valence electrons. The summed E-state index contributed by atoms with van der Waals surface area (Å²) in [7, 11) is 0. The van der Waals surface area contributed by atoms with Crippen LogP contribution in [-0.4, -0.2) is 28.9 Å². The Bertz CT molecular complexity index is 355. The highest BCUT2D eigenvalue weighted by Crippen LogP contribution is 2.39. The van der Waals surface area contributed by atoms with E-state index in [9.17, 15) is 18.4 Å².